The molecule has 0 radical (unpaired) electrons. The van der Waals surface area contributed by atoms with E-state index in [1.807, 2.05) is 17.0 Å². The summed E-state index contributed by atoms with van der Waals surface area (Å²) in [6, 6.07) is 3.88. The molecule has 1 saturated heterocycles. The number of aromatic nitrogens is 1. The lowest BCUT2D eigenvalue weighted by Crippen LogP contribution is -2.36. The molecule has 0 aromatic carbocycles. The van der Waals surface area contributed by atoms with Crippen molar-refractivity contribution in [3.05, 3.63) is 35.2 Å². The van der Waals surface area contributed by atoms with E-state index in [2.05, 4.69) is 0 Å². The van der Waals surface area contributed by atoms with Gasteiger partial charge in [-0.1, -0.05) is 0 Å². The molecule has 0 spiro atoms. The number of carbonyl (C=O) groups is 2. The Morgan fingerprint density at radius 2 is 2.07 bits per heavy atom. The maximum atomic E-state index is 11.7. The number of thiophene rings is 1. The maximum Gasteiger partial charge on any atom is 0.260 e. The Bertz CT molecular complexity index is 1020. The van der Waals surface area contributed by atoms with Gasteiger partial charge in [0.25, 0.3) is 5.91 Å². The third-order valence-electron chi connectivity index (χ3n) is 5.13. The normalized spacial score (nSPS) is 15.4. The summed E-state index contributed by atoms with van der Waals surface area (Å²) in [5.41, 5.74) is 14.8. The Morgan fingerprint density at radius 3 is 2.67 bits per heavy atom. The van der Waals surface area contributed by atoms with Crippen LogP contribution in [0.1, 0.15) is 41.0 Å². The average Bonchev–Trinajstić information content (AvgIpc) is 3.29. The number of pyridine rings is 1. The molecule has 4 N–H and O–H groups in total. The van der Waals surface area contributed by atoms with Crippen molar-refractivity contribution >= 4 is 39.1 Å². The van der Waals surface area contributed by atoms with Gasteiger partial charge < -0.3 is 20.8 Å². The van der Waals surface area contributed by atoms with Crippen LogP contribution in [0.5, 0.6) is 0 Å². The van der Waals surface area contributed by atoms with Gasteiger partial charge in [0.05, 0.1) is 18.2 Å². The zero-order valence-electron chi connectivity index (χ0n) is 14.9. The Balaban J connectivity index is 1.81. The van der Waals surface area contributed by atoms with Crippen LogP contribution in [0.4, 0.5) is 5.69 Å². The zero-order chi connectivity index (χ0) is 19.1. The second-order valence-electron chi connectivity index (χ2n) is 6.78. The highest BCUT2D eigenvalue weighted by Crippen LogP contribution is 2.41. The highest BCUT2D eigenvalue weighted by atomic mass is 32.1. The molecule has 140 valence electrons. The van der Waals surface area contributed by atoms with Crippen molar-refractivity contribution in [3.63, 3.8) is 0 Å². The molecule has 0 bridgehead atoms. The standard InChI is InChI=1S/C19H20N4O3S/c1-10(24)23-5-2-11(3-6-23)14-8-13(12-4-7-26-9-12)15-16(20)17(18(21)25)27-19(15)22-14/h4,7-9,11H,2-3,5-6,20H2,1H3,(H2,21,25). The quantitative estimate of drug-likeness (QED) is 0.720. The topological polar surface area (TPSA) is 115 Å². The van der Waals surface area contributed by atoms with Crippen molar-refractivity contribution < 1.29 is 14.0 Å². The molecular weight excluding hydrogens is 364 g/mol. The number of hydrogen-bond donors (Lipinski definition) is 2. The lowest BCUT2D eigenvalue weighted by molar-refractivity contribution is -0.129. The lowest BCUT2D eigenvalue weighted by atomic mass is 9.91. The van der Waals surface area contributed by atoms with Crippen molar-refractivity contribution in [2.45, 2.75) is 25.7 Å². The van der Waals surface area contributed by atoms with Gasteiger partial charge in [-0.3, -0.25) is 9.59 Å². The summed E-state index contributed by atoms with van der Waals surface area (Å²) in [5, 5.41) is 0.736. The number of amides is 2. The van der Waals surface area contributed by atoms with Crippen LogP contribution in [0.15, 0.2) is 29.1 Å². The number of likely N-dealkylation sites (tertiary alicyclic amines) is 1. The van der Waals surface area contributed by atoms with Gasteiger partial charge in [-0.2, -0.15) is 0 Å². The molecular formula is C19H20N4O3S. The van der Waals surface area contributed by atoms with Crippen molar-refractivity contribution in [2.75, 3.05) is 18.8 Å². The molecule has 1 aliphatic rings. The number of anilines is 1. The zero-order valence-corrected chi connectivity index (χ0v) is 15.7. The molecule has 0 aliphatic carbocycles. The molecule has 1 aliphatic heterocycles. The van der Waals surface area contributed by atoms with Crippen LogP contribution in [-0.4, -0.2) is 34.8 Å². The molecule has 0 saturated carbocycles. The summed E-state index contributed by atoms with van der Waals surface area (Å²) in [6.45, 7) is 3.04. The van der Waals surface area contributed by atoms with Gasteiger partial charge in [-0.15, -0.1) is 11.3 Å². The molecule has 4 heterocycles. The number of carbonyl (C=O) groups excluding carboxylic acids is 2. The molecule has 27 heavy (non-hydrogen) atoms. The molecule has 3 aromatic rings. The van der Waals surface area contributed by atoms with E-state index in [-0.39, 0.29) is 11.8 Å². The van der Waals surface area contributed by atoms with Gasteiger partial charge in [0.1, 0.15) is 9.71 Å². The van der Waals surface area contributed by atoms with Gasteiger partial charge in [0.2, 0.25) is 5.91 Å². The molecule has 0 unspecified atom stereocenters. The summed E-state index contributed by atoms with van der Waals surface area (Å²) in [7, 11) is 0. The number of rotatable bonds is 3. The summed E-state index contributed by atoms with van der Waals surface area (Å²) >= 11 is 1.22. The Morgan fingerprint density at radius 1 is 1.33 bits per heavy atom. The van der Waals surface area contributed by atoms with Crippen molar-refractivity contribution in [2.24, 2.45) is 5.73 Å². The van der Waals surface area contributed by atoms with Gasteiger partial charge in [0.15, 0.2) is 0 Å². The van der Waals surface area contributed by atoms with Crippen LogP contribution in [0.25, 0.3) is 21.3 Å². The van der Waals surface area contributed by atoms with E-state index in [4.69, 9.17) is 20.9 Å². The second-order valence-corrected chi connectivity index (χ2v) is 7.78. The molecule has 4 rings (SSSR count). The van der Waals surface area contributed by atoms with E-state index >= 15 is 0 Å². The smallest absolute Gasteiger partial charge is 0.260 e. The first-order valence-electron chi connectivity index (χ1n) is 8.76. The molecule has 7 nitrogen and oxygen atoms in total. The van der Waals surface area contributed by atoms with Gasteiger partial charge in [-0.25, -0.2) is 4.98 Å². The van der Waals surface area contributed by atoms with E-state index in [0.717, 1.165) is 48.1 Å². The first-order valence-corrected chi connectivity index (χ1v) is 9.58. The number of primary amides is 1. The van der Waals surface area contributed by atoms with Crippen molar-refractivity contribution in [1.82, 2.24) is 9.88 Å². The first-order chi connectivity index (χ1) is 13.0. The van der Waals surface area contributed by atoms with Crippen LogP contribution in [-0.2, 0) is 4.79 Å². The highest BCUT2D eigenvalue weighted by Gasteiger charge is 2.26. The van der Waals surface area contributed by atoms with Crippen molar-refractivity contribution in [1.29, 1.82) is 0 Å². The van der Waals surface area contributed by atoms with E-state index in [9.17, 15) is 9.59 Å². The Kier molecular flexibility index (Phi) is 4.35. The number of piperidine rings is 1. The van der Waals surface area contributed by atoms with E-state index in [1.165, 1.54) is 11.3 Å². The minimum absolute atomic E-state index is 0.105. The minimum Gasteiger partial charge on any atom is -0.472 e. The predicted molar refractivity (Wildman–Crippen MR) is 104 cm³/mol. The fraction of sp³-hybridized carbons (Fsp3) is 0.316. The molecule has 8 heteroatoms. The SMILES string of the molecule is CC(=O)N1CCC(c2cc(-c3ccoc3)c3c(N)c(C(N)=O)sc3n2)CC1. The molecule has 2 amide bonds. The predicted octanol–water partition coefficient (Wildman–Crippen LogP) is 2.96. The van der Waals surface area contributed by atoms with Crippen molar-refractivity contribution in [3.8, 4) is 11.1 Å². The summed E-state index contributed by atoms with van der Waals surface area (Å²) in [6.07, 6.45) is 4.96. The summed E-state index contributed by atoms with van der Waals surface area (Å²) in [4.78, 5) is 31.0. The highest BCUT2D eigenvalue weighted by molar-refractivity contribution is 7.21. The van der Waals surface area contributed by atoms with Crippen LogP contribution >= 0.6 is 11.3 Å². The van der Waals surface area contributed by atoms with E-state index in [0.29, 0.717) is 15.4 Å². The van der Waals surface area contributed by atoms with Crippen LogP contribution in [0.2, 0.25) is 0 Å². The Hall–Kier alpha value is -2.87. The molecule has 0 atom stereocenters. The largest absolute Gasteiger partial charge is 0.472 e. The first kappa shape index (κ1) is 17.5. The number of nitrogens with two attached hydrogens (primary N) is 2. The van der Waals surface area contributed by atoms with E-state index < -0.39 is 5.91 Å². The average molecular weight is 384 g/mol. The molecule has 1 fully saturated rings. The summed E-state index contributed by atoms with van der Waals surface area (Å²) in [5.74, 6) is -0.200. The third-order valence-corrected chi connectivity index (χ3v) is 6.25. The minimum atomic E-state index is -0.551. The summed E-state index contributed by atoms with van der Waals surface area (Å²) < 4.78 is 5.24. The van der Waals surface area contributed by atoms with Gasteiger partial charge in [-0.05, 0) is 30.5 Å². The maximum absolute atomic E-state index is 11.7. The lowest BCUT2D eigenvalue weighted by Gasteiger charge is -2.31. The number of hydrogen-bond acceptors (Lipinski definition) is 6. The van der Waals surface area contributed by atoms with E-state index in [1.54, 1.807) is 19.5 Å². The number of fused-ring (bicyclic) bond motifs is 1. The van der Waals surface area contributed by atoms with Crippen LogP contribution in [0, 0.1) is 0 Å². The van der Waals surface area contributed by atoms with Crippen LogP contribution in [0.3, 0.4) is 0 Å². The monoisotopic (exact) mass is 384 g/mol. The number of nitrogens with zero attached hydrogens (tertiary/aromatic N) is 2. The van der Waals surface area contributed by atoms with Gasteiger partial charge in [0, 0.05) is 42.6 Å². The second kappa shape index (κ2) is 6.70. The Labute approximate surface area is 160 Å². The van der Waals surface area contributed by atoms with Gasteiger partial charge >= 0.3 is 0 Å². The van der Waals surface area contributed by atoms with Crippen LogP contribution < -0.4 is 11.5 Å². The fourth-order valence-corrected chi connectivity index (χ4v) is 4.65. The third kappa shape index (κ3) is 3.06. The molecule has 3 aromatic heterocycles. The number of furan rings is 1. The fourth-order valence-electron chi connectivity index (χ4n) is 3.67. The number of nitrogen functional groups attached to an aromatic ring is 1.